The Morgan fingerprint density at radius 2 is 2.04 bits per heavy atom. The van der Waals surface area contributed by atoms with Crippen LogP contribution < -0.4 is 20.1 Å². The van der Waals surface area contributed by atoms with Crippen LogP contribution in [0.2, 0.25) is 0 Å². The zero-order chi connectivity index (χ0) is 17.8. The van der Waals surface area contributed by atoms with Crippen LogP contribution in [0.3, 0.4) is 0 Å². The van der Waals surface area contributed by atoms with Gasteiger partial charge in [-0.1, -0.05) is 6.07 Å². The van der Waals surface area contributed by atoms with Gasteiger partial charge < -0.3 is 25.0 Å². The lowest BCUT2D eigenvalue weighted by molar-refractivity contribution is 0.174. The van der Waals surface area contributed by atoms with Crippen molar-refractivity contribution in [3.8, 4) is 11.5 Å². The van der Waals surface area contributed by atoms with Gasteiger partial charge in [-0.3, -0.25) is 4.99 Å². The lowest BCUT2D eigenvalue weighted by Crippen LogP contribution is -2.38. The number of likely N-dealkylation sites (tertiary alicyclic amines) is 1. The molecule has 2 N–H and O–H groups in total. The molecule has 0 spiro atoms. The van der Waals surface area contributed by atoms with Crippen molar-refractivity contribution in [2.45, 2.75) is 38.6 Å². The molecule has 4 rings (SSSR count). The summed E-state index contributed by atoms with van der Waals surface area (Å²) in [5.41, 5.74) is 1.24. The molecule has 6 nitrogen and oxygen atoms in total. The van der Waals surface area contributed by atoms with Gasteiger partial charge >= 0.3 is 0 Å². The van der Waals surface area contributed by atoms with Crippen molar-refractivity contribution in [2.75, 3.05) is 39.5 Å². The lowest BCUT2D eigenvalue weighted by Gasteiger charge is -2.15. The van der Waals surface area contributed by atoms with Gasteiger partial charge in [-0.2, -0.15) is 0 Å². The third kappa shape index (κ3) is 5.63. The number of fused-ring (bicyclic) bond motifs is 1. The van der Waals surface area contributed by atoms with Crippen molar-refractivity contribution in [3.05, 3.63) is 23.8 Å². The minimum Gasteiger partial charge on any atom is -0.454 e. The average molecular weight is 486 g/mol. The first kappa shape index (κ1) is 20.5. The van der Waals surface area contributed by atoms with Crippen molar-refractivity contribution >= 4 is 29.9 Å². The maximum absolute atomic E-state index is 5.45. The van der Waals surface area contributed by atoms with Crippen LogP contribution in [0.5, 0.6) is 11.5 Å². The number of benzene rings is 1. The van der Waals surface area contributed by atoms with E-state index in [1.165, 1.54) is 37.9 Å². The van der Waals surface area contributed by atoms with Crippen LogP contribution in [-0.2, 0) is 6.42 Å². The summed E-state index contributed by atoms with van der Waals surface area (Å²) in [7, 11) is 0. The standard InChI is InChI=1S/C20H30N4O2.HI/c1-2-21-20(23-12-16-8-10-24(13-16)17-4-5-17)22-9-7-15-3-6-18-19(11-15)26-14-25-18;/h3,6,11,16-17H,2,4-5,7-10,12-14H2,1H3,(H2,21,22,23);1H. The second-order valence-electron chi connectivity index (χ2n) is 7.46. The van der Waals surface area contributed by atoms with Gasteiger partial charge in [0.25, 0.3) is 0 Å². The fourth-order valence-electron chi connectivity index (χ4n) is 3.77. The molecule has 1 atom stereocenters. The van der Waals surface area contributed by atoms with E-state index in [2.05, 4.69) is 34.6 Å². The van der Waals surface area contributed by atoms with E-state index in [9.17, 15) is 0 Å². The summed E-state index contributed by atoms with van der Waals surface area (Å²) in [4.78, 5) is 7.47. The molecular weight excluding hydrogens is 455 g/mol. The quantitative estimate of drug-likeness (QED) is 0.353. The maximum Gasteiger partial charge on any atom is 0.231 e. The Balaban J connectivity index is 0.00000210. The summed E-state index contributed by atoms with van der Waals surface area (Å²) >= 11 is 0. The largest absolute Gasteiger partial charge is 0.454 e. The van der Waals surface area contributed by atoms with Crippen molar-refractivity contribution in [1.29, 1.82) is 0 Å². The van der Waals surface area contributed by atoms with E-state index < -0.39 is 0 Å². The summed E-state index contributed by atoms with van der Waals surface area (Å²) in [6.45, 7) is 7.58. The summed E-state index contributed by atoms with van der Waals surface area (Å²) in [5, 5.41) is 6.82. The number of nitrogens with zero attached hydrogens (tertiary/aromatic N) is 2. The molecule has 1 aromatic carbocycles. The highest BCUT2D eigenvalue weighted by Gasteiger charge is 2.34. The number of halogens is 1. The molecule has 1 aliphatic carbocycles. The molecule has 1 saturated carbocycles. The Hall–Kier alpha value is -1.22. The van der Waals surface area contributed by atoms with Gasteiger partial charge in [-0.05, 0) is 62.8 Å². The minimum atomic E-state index is 0. The van der Waals surface area contributed by atoms with Gasteiger partial charge in [0.15, 0.2) is 17.5 Å². The van der Waals surface area contributed by atoms with E-state index in [0.29, 0.717) is 12.7 Å². The Bertz CT molecular complexity index is 651. The van der Waals surface area contributed by atoms with E-state index in [-0.39, 0.29) is 24.0 Å². The third-order valence-electron chi connectivity index (χ3n) is 5.38. The number of guanidine groups is 1. The monoisotopic (exact) mass is 486 g/mol. The van der Waals surface area contributed by atoms with Crippen LogP contribution in [0.25, 0.3) is 0 Å². The third-order valence-corrected chi connectivity index (χ3v) is 5.38. The van der Waals surface area contributed by atoms with Crippen LogP contribution in [0.15, 0.2) is 23.2 Å². The zero-order valence-electron chi connectivity index (χ0n) is 16.1. The second-order valence-corrected chi connectivity index (χ2v) is 7.46. The van der Waals surface area contributed by atoms with Crippen molar-refractivity contribution in [3.63, 3.8) is 0 Å². The van der Waals surface area contributed by atoms with Crippen LogP contribution in [0.4, 0.5) is 0 Å². The molecule has 2 aliphatic heterocycles. The fraction of sp³-hybridized carbons (Fsp3) is 0.650. The smallest absolute Gasteiger partial charge is 0.231 e. The number of hydrogen-bond acceptors (Lipinski definition) is 4. The first-order valence-corrected chi connectivity index (χ1v) is 9.96. The molecule has 2 fully saturated rings. The lowest BCUT2D eigenvalue weighted by atomic mass is 10.1. The molecule has 3 aliphatic rings. The van der Waals surface area contributed by atoms with E-state index in [1.54, 1.807) is 0 Å². The summed E-state index contributed by atoms with van der Waals surface area (Å²) in [6, 6.07) is 7.04. The van der Waals surface area contributed by atoms with Gasteiger partial charge in [-0.15, -0.1) is 24.0 Å². The molecule has 0 radical (unpaired) electrons. The van der Waals surface area contributed by atoms with Crippen LogP contribution in [0.1, 0.15) is 31.7 Å². The Kier molecular flexibility index (Phi) is 7.46. The molecule has 1 aromatic rings. The highest BCUT2D eigenvalue weighted by Crippen LogP contribution is 2.33. The normalized spacial score (nSPS) is 21.8. The Morgan fingerprint density at radius 3 is 2.85 bits per heavy atom. The number of nitrogens with one attached hydrogen (secondary N) is 2. The molecule has 27 heavy (non-hydrogen) atoms. The molecule has 1 saturated heterocycles. The van der Waals surface area contributed by atoms with E-state index in [1.807, 2.05) is 6.07 Å². The molecule has 0 amide bonds. The molecule has 0 aromatic heterocycles. The summed E-state index contributed by atoms with van der Waals surface area (Å²) in [6.07, 6.45) is 5.02. The van der Waals surface area contributed by atoms with E-state index in [4.69, 9.17) is 14.5 Å². The minimum absolute atomic E-state index is 0. The average Bonchev–Trinajstić information content (AvgIpc) is 3.21. The van der Waals surface area contributed by atoms with Crippen LogP contribution in [-0.4, -0.2) is 56.4 Å². The molecular formula is C20H31IN4O2. The number of ether oxygens (including phenoxy) is 2. The van der Waals surface area contributed by atoms with Crippen molar-refractivity contribution < 1.29 is 9.47 Å². The molecule has 150 valence electrons. The van der Waals surface area contributed by atoms with Gasteiger partial charge in [0, 0.05) is 32.2 Å². The predicted octanol–water partition coefficient (Wildman–Crippen LogP) is 2.62. The van der Waals surface area contributed by atoms with E-state index in [0.717, 1.165) is 49.6 Å². The fourth-order valence-corrected chi connectivity index (χ4v) is 3.77. The van der Waals surface area contributed by atoms with Crippen molar-refractivity contribution in [1.82, 2.24) is 15.5 Å². The van der Waals surface area contributed by atoms with Gasteiger partial charge in [0.2, 0.25) is 6.79 Å². The first-order valence-electron chi connectivity index (χ1n) is 9.96. The number of aliphatic imine (C=N–C) groups is 1. The molecule has 0 bridgehead atoms. The van der Waals surface area contributed by atoms with Crippen molar-refractivity contribution in [2.24, 2.45) is 10.9 Å². The van der Waals surface area contributed by atoms with Crippen LogP contribution >= 0.6 is 24.0 Å². The van der Waals surface area contributed by atoms with E-state index >= 15 is 0 Å². The second kappa shape index (κ2) is 9.82. The predicted molar refractivity (Wildman–Crippen MR) is 118 cm³/mol. The SMILES string of the molecule is CCNC(=NCC1CCN(C2CC2)C1)NCCc1ccc2c(c1)OCO2.I. The first-order chi connectivity index (χ1) is 12.8. The topological polar surface area (TPSA) is 58.1 Å². The molecule has 1 unspecified atom stereocenters. The van der Waals surface area contributed by atoms with Gasteiger partial charge in [0.1, 0.15) is 0 Å². The summed E-state index contributed by atoms with van der Waals surface area (Å²) in [5.74, 6) is 3.33. The number of rotatable bonds is 7. The highest BCUT2D eigenvalue weighted by atomic mass is 127. The molecule has 2 heterocycles. The maximum atomic E-state index is 5.45. The number of hydrogen-bond donors (Lipinski definition) is 2. The molecule has 7 heteroatoms. The van der Waals surface area contributed by atoms with Gasteiger partial charge in [0.05, 0.1) is 0 Å². The Morgan fingerprint density at radius 1 is 1.19 bits per heavy atom. The van der Waals surface area contributed by atoms with Crippen LogP contribution in [0, 0.1) is 5.92 Å². The Labute approximate surface area is 179 Å². The highest BCUT2D eigenvalue weighted by molar-refractivity contribution is 14.0. The zero-order valence-corrected chi connectivity index (χ0v) is 18.4. The summed E-state index contributed by atoms with van der Waals surface area (Å²) < 4.78 is 10.8. The van der Waals surface area contributed by atoms with Gasteiger partial charge in [-0.25, -0.2) is 0 Å².